The van der Waals surface area contributed by atoms with Gasteiger partial charge in [-0.2, -0.15) is 0 Å². The molecule has 2 fully saturated rings. The van der Waals surface area contributed by atoms with E-state index in [0.29, 0.717) is 6.42 Å². The minimum absolute atomic E-state index is 0.0313. The molecule has 1 saturated heterocycles. The number of ether oxygens (including phenoxy) is 2. The van der Waals surface area contributed by atoms with Crippen molar-refractivity contribution < 1.29 is 19.4 Å². The van der Waals surface area contributed by atoms with Crippen molar-refractivity contribution in [1.82, 2.24) is 10.2 Å². The summed E-state index contributed by atoms with van der Waals surface area (Å²) < 4.78 is 10.9. The largest absolute Gasteiger partial charge is 0.488 e. The summed E-state index contributed by atoms with van der Waals surface area (Å²) in [5.41, 5.74) is 0. The lowest BCUT2D eigenvalue weighted by atomic mass is 10.1. The zero-order valence-electron chi connectivity index (χ0n) is 14.1. The van der Waals surface area contributed by atoms with Crippen LogP contribution in [0.15, 0.2) is 30.3 Å². The van der Waals surface area contributed by atoms with Crippen LogP contribution in [-0.4, -0.2) is 67.0 Å². The number of rotatable bonds is 6. The summed E-state index contributed by atoms with van der Waals surface area (Å²) in [7, 11) is 1.50. The number of likely N-dealkylation sites (tertiary alicyclic amines) is 1. The van der Waals surface area contributed by atoms with Gasteiger partial charge in [-0.05, 0) is 38.1 Å². The Morgan fingerprint density at radius 1 is 1.29 bits per heavy atom. The Kier molecular flexibility index (Phi) is 5.71. The molecule has 2 N–H and O–H groups in total. The standard InChI is InChI=1S/C18H26N2O4/c1-23-12-16(21)19-14-11-15(24-13-7-3-2-4-8-13)18(22)17(14)20-9-5-6-10-20/h2-4,7-8,14-15,17-18,22H,5-6,9-12H2,1H3,(H,19,21)/t14-,15-,17+,18+/m1/s1. The number of benzene rings is 1. The molecule has 1 saturated carbocycles. The number of amides is 1. The minimum atomic E-state index is -0.629. The lowest BCUT2D eigenvalue weighted by Gasteiger charge is -2.31. The molecule has 1 aromatic carbocycles. The number of hydrogen-bond donors (Lipinski definition) is 2. The van der Waals surface area contributed by atoms with E-state index in [4.69, 9.17) is 9.47 Å². The van der Waals surface area contributed by atoms with E-state index in [0.717, 1.165) is 31.7 Å². The molecule has 132 valence electrons. The van der Waals surface area contributed by atoms with Crippen LogP contribution >= 0.6 is 0 Å². The summed E-state index contributed by atoms with van der Waals surface area (Å²) in [6, 6.07) is 9.28. The molecule has 1 amide bonds. The molecule has 0 bridgehead atoms. The van der Waals surface area contributed by atoms with Gasteiger partial charge in [0, 0.05) is 13.5 Å². The van der Waals surface area contributed by atoms with Crippen LogP contribution in [0.5, 0.6) is 5.75 Å². The first-order valence-electron chi connectivity index (χ1n) is 8.61. The number of nitrogens with one attached hydrogen (secondary N) is 1. The highest BCUT2D eigenvalue weighted by Gasteiger charge is 2.47. The number of nitrogens with zero attached hydrogens (tertiary/aromatic N) is 1. The summed E-state index contributed by atoms with van der Waals surface area (Å²) in [6.07, 6.45) is 1.90. The number of carbonyl (C=O) groups is 1. The van der Waals surface area contributed by atoms with Crippen LogP contribution in [-0.2, 0) is 9.53 Å². The maximum Gasteiger partial charge on any atom is 0.246 e. The van der Waals surface area contributed by atoms with E-state index in [-0.39, 0.29) is 30.7 Å². The summed E-state index contributed by atoms with van der Waals surface area (Å²) >= 11 is 0. The van der Waals surface area contributed by atoms with Gasteiger partial charge in [-0.15, -0.1) is 0 Å². The van der Waals surface area contributed by atoms with Crippen molar-refractivity contribution in [3.8, 4) is 5.75 Å². The zero-order chi connectivity index (χ0) is 16.9. The quantitative estimate of drug-likeness (QED) is 0.805. The third-order valence-corrected chi connectivity index (χ3v) is 4.84. The second kappa shape index (κ2) is 7.96. The van der Waals surface area contributed by atoms with Gasteiger partial charge in [0.2, 0.25) is 5.91 Å². The predicted molar refractivity (Wildman–Crippen MR) is 89.9 cm³/mol. The molecule has 1 heterocycles. The smallest absolute Gasteiger partial charge is 0.246 e. The Morgan fingerprint density at radius 2 is 2.00 bits per heavy atom. The van der Waals surface area contributed by atoms with Crippen molar-refractivity contribution in [1.29, 1.82) is 0 Å². The lowest BCUT2D eigenvalue weighted by Crippen LogP contribution is -2.53. The Morgan fingerprint density at radius 3 is 2.67 bits per heavy atom. The van der Waals surface area contributed by atoms with E-state index in [9.17, 15) is 9.90 Å². The number of aliphatic hydroxyl groups is 1. The SMILES string of the molecule is COCC(=O)N[C@@H]1C[C@@H](Oc2ccccc2)[C@H](O)[C@H]1N1CCCC1. The fraction of sp³-hybridized carbons (Fsp3) is 0.611. The molecular weight excluding hydrogens is 308 g/mol. The molecule has 1 aliphatic heterocycles. The Balaban J connectivity index is 1.71. The van der Waals surface area contributed by atoms with Crippen LogP contribution in [0.4, 0.5) is 0 Å². The van der Waals surface area contributed by atoms with E-state index in [1.807, 2.05) is 30.3 Å². The molecule has 24 heavy (non-hydrogen) atoms. The van der Waals surface area contributed by atoms with Crippen LogP contribution in [0, 0.1) is 0 Å². The topological polar surface area (TPSA) is 71.0 Å². The molecule has 6 heteroatoms. The van der Waals surface area contributed by atoms with E-state index in [1.165, 1.54) is 7.11 Å². The number of para-hydroxylation sites is 1. The van der Waals surface area contributed by atoms with Crippen molar-refractivity contribution in [3.63, 3.8) is 0 Å². The molecule has 0 radical (unpaired) electrons. The number of aliphatic hydroxyl groups excluding tert-OH is 1. The third-order valence-electron chi connectivity index (χ3n) is 4.84. The highest BCUT2D eigenvalue weighted by Crippen LogP contribution is 2.31. The molecular formula is C18H26N2O4. The van der Waals surface area contributed by atoms with Crippen LogP contribution in [0.25, 0.3) is 0 Å². The molecule has 3 rings (SSSR count). The van der Waals surface area contributed by atoms with E-state index < -0.39 is 6.10 Å². The summed E-state index contributed by atoms with van der Waals surface area (Å²) in [5.74, 6) is 0.588. The van der Waals surface area contributed by atoms with E-state index >= 15 is 0 Å². The number of carbonyl (C=O) groups excluding carboxylic acids is 1. The molecule has 0 unspecified atom stereocenters. The fourth-order valence-electron chi connectivity index (χ4n) is 3.81. The zero-order valence-corrected chi connectivity index (χ0v) is 14.1. The molecule has 0 aromatic heterocycles. The van der Waals surface area contributed by atoms with Crippen molar-refractivity contribution >= 4 is 5.91 Å². The molecule has 1 aromatic rings. The van der Waals surface area contributed by atoms with Crippen LogP contribution < -0.4 is 10.1 Å². The average Bonchev–Trinajstić information content (AvgIpc) is 3.18. The van der Waals surface area contributed by atoms with Crippen molar-refractivity contribution in [3.05, 3.63) is 30.3 Å². The minimum Gasteiger partial charge on any atom is -0.488 e. The first-order chi connectivity index (χ1) is 11.7. The maximum absolute atomic E-state index is 12.0. The number of methoxy groups -OCH3 is 1. The summed E-state index contributed by atoms with van der Waals surface area (Å²) in [5, 5.41) is 13.8. The monoisotopic (exact) mass is 334 g/mol. The van der Waals surface area contributed by atoms with Crippen molar-refractivity contribution in [2.75, 3.05) is 26.8 Å². The van der Waals surface area contributed by atoms with Crippen LogP contribution in [0.3, 0.4) is 0 Å². The van der Waals surface area contributed by atoms with Crippen molar-refractivity contribution in [2.24, 2.45) is 0 Å². The summed E-state index contributed by atoms with van der Waals surface area (Å²) in [4.78, 5) is 14.2. The molecule has 6 nitrogen and oxygen atoms in total. The Bertz CT molecular complexity index is 533. The highest BCUT2D eigenvalue weighted by atomic mass is 16.5. The van der Waals surface area contributed by atoms with Gasteiger partial charge in [-0.3, -0.25) is 9.69 Å². The fourth-order valence-corrected chi connectivity index (χ4v) is 3.81. The Hall–Kier alpha value is -1.63. The maximum atomic E-state index is 12.0. The van der Waals surface area contributed by atoms with Gasteiger partial charge in [-0.1, -0.05) is 18.2 Å². The molecule has 2 aliphatic rings. The predicted octanol–water partition coefficient (Wildman–Crippen LogP) is 0.794. The van der Waals surface area contributed by atoms with Gasteiger partial charge in [0.25, 0.3) is 0 Å². The Labute approximate surface area is 142 Å². The van der Waals surface area contributed by atoms with Gasteiger partial charge >= 0.3 is 0 Å². The van der Waals surface area contributed by atoms with Gasteiger partial charge in [0.05, 0.1) is 12.1 Å². The van der Waals surface area contributed by atoms with Gasteiger partial charge in [0.15, 0.2) is 0 Å². The molecule has 1 aliphatic carbocycles. The van der Waals surface area contributed by atoms with Crippen LogP contribution in [0.2, 0.25) is 0 Å². The van der Waals surface area contributed by atoms with Gasteiger partial charge in [0.1, 0.15) is 24.6 Å². The van der Waals surface area contributed by atoms with Crippen LogP contribution in [0.1, 0.15) is 19.3 Å². The first kappa shape index (κ1) is 17.2. The van der Waals surface area contributed by atoms with Crippen molar-refractivity contribution in [2.45, 2.75) is 43.6 Å². The first-order valence-corrected chi connectivity index (χ1v) is 8.61. The highest BCUT2D eigenvalue weighted by molar-refractivity contribution is 5.77. The van der Waals surface area contributed by atoms with E-state index in [1.54, 1.807) is 0 Å². The second-order valence-electron chi connectivity index (χ2n) is 6.54. The number of hydrogen-bond acceptors (Lipinski definition) is 5. The van der Waals surface area contributed by atoms with E-state index in [2.05, 4.69) is 10.2 Å². The van der Waals surface area contributed by atoms with Gasteiger partial charge in [-0.25, -0.2) is 0 Å². The third kappa shape index (κ3) is 3.88. The molecule has 4 atom stereocenters. The lowest BCUT2D eigenvalue weighted by molar-refractivity contribution is -0.125. The normalized spacial score (nSPS) is 30.4. The second-order valence-corrected chi connectivity index (χ2v) is 6.54. The molecule has 0 spiro atoms. The summed E-state index contributed by atoms with van der Waals surface area (Å²) in [6.45, 7) is 1.94. The average molecular weight is 334 g/mol. The van der Waals surface area contributed by atoms with Gasteiger partial charge < -0.3 is 19.9 Å².